The minimum atomic E-state index is -0.808. The number of hydrogen-bond acceptors (Lipinski definition) is 5. The third kappa shape index (κ3) is 2.96. The Labute approximate surface area is 159 Å². The Morgan fingerprint density at radius 2 is 2.04 bits per heavy atom. The van der Waals surface area contributed by atoms with Crippen LogP contribution < -0.4 is 5.32 Å². The maximum absolute atomic E-state index is 13.0. The molecule has 6 atom stereocenters. The molecule has 4 rings (SSSR count). The maximum Gasteiger partial charge on any atom is 0.307 e. The Morgan fingerprint density at radius 1 is 1.33 bits per heavy atom. The van der Waals surface area contributed by atoms with Crippen LogP contribution in [0, 0.1) is 41.9 Å². The van der Waals surface area contributed by atoms with Gasteiger partial charge in [-0.05, 0) is 76.4 Å². The van der Waals surface area contributed by atoms with Gasteiger partial charge >= 0.3 is 5.97 Å². The summed E-state index contributed by atoms with van der Waals surface area (Å²) >= 11 is 0. The Morgan fingerprint density at radius 3 is 2.63 bits per heavy atom. The fourth-order valence-corrected chi connectivity index (χ4v) is 6.23. The fourth-order valence-electron chi connectivity index (χ4n) is 6.23. The van der Waals surface area contributed by atoms with Crippen molar-refractivity contribution in [2.24, 2.45) is 35.0 Å². The van der Waals surface area contributed by atoms with Gasteiger partial charge in [-0.3, -0.25) is 9.59 Å². The Hall–Kier alpha value is -1.89. The molecule has 3 aliphatic carbocycles. The summed E-state index contributed by atoms with van der Waals surface area (Å²) in [6.07, 6.45) is 4.12. The van der Waals surface area contributed by atoms with Gasteiger partial charge < -0.3 is 19.8 Å². The lowest BCUT2D eigenvalue weighted by Gasteiger charge is -2.26. The zero-order chi connectivity index (χ0) is 19.3. The molecule has 1 spiro atoms. The van der Waals surface area contributed by atoms with Crippen molar-refractivity contribution < 1.29 is 19.2 Å². The number of nitrogens with one attached hydrogen (secondary N) is 1. The van der Waals surface area contributed by atoms with E-state index >= 15 is 0 Å². The largest absolute Gasteiger partial charge is 0.481 e. The van der Waals surface area contributed by atoms with Gasteiger partial charge in [0.05, 0.1) is 18.4 Å². The van der Waals surface area contributed by atoms with E-state index in [0.29, 0.717) is 17.4 Å². The number of aromatic nitrogens is 1. The van der Waals surface area contributed by atoms with Crippen LogP contribution in [0.25, 0.3) is 0 Å². The second kappa shape index (κ2) is 6.62. The molecule has 3 saturated carbocycles. The number of carbonyl (C=O) groups is 2. The monoisotopic (exact) mass is 375 g/mol. The van der Waals surface area contributed by atoms with Crippen molar-refractivity contribution in [2.75, 3.05) is 20.6 Å². The van der Waals surface area contributed by atoms with Crippen LogP contribution >= 0.6 is 0 Å². The van der Waals surface area contributed by atoms with Gasteiger partial charge in [-0.1, -0.05) is 5.16 Å². The molecule has 1 aromatic heterocycles. The molecular formula is C20H29N3O4. The normalized spacial score (nSPS) is 36.5. The summed E-state index contributed by atoms with van der Waals surface area (Å²) in [5.74, 6) is -0.290. The van der Waals surface area contributed by atoms with Crippen LogP contribution in [-0.4, -0.2) is 47.7 Å². The number of nitrogens with zero attached hydrogens (tertiary/aromatic N) is 2. The van der Waals surface area contributed by atoms with E-state index < -0.39 is 17.8 Å². The molecule has 3 aliphatic rings. The summed E-state index contributed by atoms with van der Waals surface area (Å²) in [6, 6.07) is 1.79. The van der Waals surface area contributed by atoms with Crippen LogP contribution in [0.2, 0.25) is 0 Å². The minimum Gasteiger partial charge on any atom is -0.481 e. The van der Waals surface area contributed by atoms with Crippen LogP contribution in [0.15, 0.2) is 10.6 Å². The van der Waals surface area contributed by atoms with Crippen LogP contribution in [0.5, 0.6) is 0 Å². The average molecular weight is 375 g/mol. The standard InChI is InChI=1S/C20H29N3O4/c1-11-8-13(22-27-11)10-21-18(24)16-14-4-5-15(17(16)19(25)26)20(14)9-12(20)6-7-23(2)3/h8,12,14-17H,4-7,9-10H2,1-3H3,(H,21,24)(H,25,26)/t12?,14-,15+,16+,17+,20?/m0/s1. The molecule has 27 heavy (non-hydrogen) atoms. The summed E-state index contributed by atoms with van der Waals surface area (Å²) in [5, 5.41) is 16.7. The van der Waals surface area contributed by atoms with Crippen molar-refractivity contribution in [1.29, 1.82) is 0 Å². The lowest BCUT2D eigenvalue weighted by Crippen LogP contribution is -2.41. The van der Waals surface area contributed by atoms with E-state index in [1.54, 1.807) is 13.0 Å². The first-order chi connectivity index (χ1) is 12.8. The number of hydrogen-bond donors (Lipinski definition) is 2. The molecule has 3 fully saturated rings. The van der Waals surface area contributed by atoms with E-state index in [1.807, 2.05) is 0 Å². The number of carboxylic acids is 1. The number of amides is 1. The molecule has 2 bridgehead atoms. The topological polar surface area (TPSA) is 95.7 Å². The van der Waals surface area contributed by atoms with Crippen LogP contribution in [-0.2, 0) is 16.1 Å². The summed E-state index contributed by atoms with van der Waals surface area (Å²) in [4.78, 5) is 27.2. The first kappa shape index (κ1) is 18.5. The van der Waals surface area contributed by atoms with Gasteiger partial charge in [-0.15, -0.1) is 0 Å². The number of rotatable bonds is 7. The molecule has 2 unspecified atom stereocenters. The predicted molar refractivity (Wildman–Crippen MR) is 97.6 cm³/mol. The number of aryl methyl sites for hydroxylation is 1. The highest BCUT2D eigenvalue weighted by Gasteiger charge is 2.75. The van der Waals surface area contributed by atoms with Gasteiger partial charge in [0.1, 0.15) is 11.5 Å². The molecule has 0 aromatic carbocycles. The first-order valence-corrected chi connectivity index (χ1v) is 9.92. The zero-order valence-corrected chi connectivity index (χ0v) is 16.3. The molecule has 0 aliphatic heterocycles. The molecule has 0 saturated heterocycles. The van der Waals surface area contributed by atoms with Gasteiger partial charge in [-0.25, -0.2) is 0 Å². The lowest BCUT2D eigenvalue weighted by atomic mass is 9.78. The van der Waals surface area contributed by atoms with E-state index in [4.69, 9.17) is 4.52 Å². The number of carboxylic acid groups (broad SMARTS) is 1. The number of aliphatic carboxylic acids is 1. The van der Waals surface area contributed by atoms with Gasteiger partial charge in [0.15, 0.2) is 0 Å². The van der Waals surface area contributed by atoms with E-state index in [-0.39, 0.29) is 29.7 Å². The molecule has 0 radical (unpaired) electrons. The SMILES string of the molecule is Cc1cc(CNC(=O)[C@H]2[C@H](C(=O)O)[C@H]3CC[C@@H]2C32CC2CCN(C)C)no1. The van der Waals surface area contributed by atoms with Crippen molar-refractivity contribution in [1.82, 2.24) is 15.4 Å². The third-order valence-corrected chi connectivity index (χ3v) is 7.26. The Kier molecular flexibility index (Phi) is 4.53. The molecule has 1 amide bonds. The van der Waals surface area contributed by atoms with E-state index in [1.165, 1.54) is 0 Å². The first-order valence-electron chi connectivity index (χ1n) is 9.92. The zero-order valence-electron chi connectivity index (χ0n) is 16.3. The highest BCUT2D eigenvalue weighted by Crippen LogP contribution is 2.78. The average Bonchev–Trinajstić information content (AvgIpc) is 2.85. The highest BCUT2D eigenvalue weighted by molar-refractivity contribution is 5.86. The summed E-state index contributed by atoms with van der Waals surface area (Å²) in [7, 11) is 4.14. The van der Waals surface area contributed by atoms with Crippen LogP contribution in [0.1, 0.15) is 37.1 Å². The molecule has 1 heterocycles. The third-order valence-electron chi connectivity index (χ3n) is 7.26. The second-order valence-corrected chi connectivity index (χ2v) is 8.93. The maximum atomic E-state index is 13.0. The van der Waals surface area contributed by atoms with Crippen LogP contribution in [0.3, 0.4) is 0 Å². The lowest BCUT2D eigenvalue weighted by molar-refractivity contribution is -0.149. The molecule has 148 valence electrons. The minimum absolute atomic E-state index is 0.0888. The fraction of sp³-hybridized carbons (Fsp3) is 0.750. The number of carbonyl (C=O) groups excluding carboxylic acids is 1. The quantitative estimate of drug-likeness (QED) is 0.756. The molecule has 2 N–H and O–H groups in total. The summed E-state index contributed by atoms with van der Waals surface area (Å²) < 4.78 is 5.03. The van der Waals surface area contributed by atoms with Crippen molar-refractivity contribution >= 4 is 11.9 Å². The summed E-state index contributed by atoms with van der Waals surface area (Å²) in [6.45, 7) is 3.11. The molecule has 7 nitrogen and oxygen atoms in total. The van der Waals surface area contributed by atoms with Crippen LogP contribution in [0.4, 0.5) is 0 Å². The van der Waals surface area contributed by atoms with Crippen molar-refractivity contribution in [3.05, 3.63) is 17.5 Å². The predicted octanol–water partition coefficient (Wildman–Crippen LogP) is 1.91. The van der Waals surface area contributed by atoms with Crippen molar-refractivity contribution in [3.8, 4) is 0 Å². The smallest absolute Gasteiger partial charge is 0.307 e. The molecule has 7 heteroatoms. The Bertz CT molecular complexity index is 745. The van der Waals surface area contributed by atoms with Gasteiger partial charge in [0, 0.05) is 6.07 Å². The summed E-state index contributed by atoms with van der Waals surface area (Å²) in [5.41, 5.74) is 0.756. The molecule has 1 aromatic rings. The van der Waals surface area contributed by atoms with E-state index in [9.17, 15) is 14.7 Å². The van der Waals surface area contributed by atoms with Gasteiger partial charge in [0.25, 0.3) is 0 Å². The van der Waals surface area contributed by atoms with Crippen molar-refractivity contribution in [3.63, 3.8) is 0 Å². The van der Waals surface area contributed by atoms with E-state index in [0.717, 1.165) is 32.2 Å². The van der Waals surface area contributed by atoms with Gasteiger partial charge in [0.2, 0.25) is 5.91 Å². The van der Waals surface area contributed by atoms with Crippen molar-refractivity contribution in [2.45, 2.75) is 39.2 Å². The highest BCUT2D eigenvalue weighted by atomic mass is 16.5. The van der Waals surface area contributed by atoms with E-state index in [2.05, 4.69) is 29.5 Å². The van der Waals surface area contributed by atoms with Gasteiger partial charge in [-0.2, -0.15) is 0 Å². The Balaban J connectivity index is 1.48. The second-order valence-electron chi connectivity index (χ2n) is 8.93. The molecular weight excluding hydrogens is 346 g/mol.